The van der Waals surface area contributed by atoms with E-state index in [4.69, 9.17) is 0 Å². The van der Waals surface area contributed by atoms with E-state index in [9.17, 15) is 14.3 Å². The van der Waals surface area contributed by atoms with Gasteiger partial charge in [-0.05, 0) is 30.2 Å². The minimum absolute atomic E-state index is 0.0193. The molecular weight excluding hydrogens is 295 g/mol. The van der Waals surface area contributed by atoms with Crippen molar-refractivity contribution in [1.29, 1.82) is 0 Å². The summed E-state index contributed by atoms with van der Waals surface area (Å²) < 4.78 is 13.5. The topological polar surface area (TPSA) is 61.4 Å². The van der Waals surface area contributed by atoms with Crippen LogP contribution in [0.25, 0.3) is 0 Å². The van der Waals surface area contributed by atoms with Gasteiger partial charge in [-0.1, -0.05) is 30.3 Å². The summed E-state index contributed by atoms with van der Waals surface area (Å²) in [5.41, 5.74) is 1.54. The van der Waals surface area contributed by atoms with Crippen molar-refractivity contribution in [3.05, 3.63) is 65.5 Å². The van der Waals surface area contributed by atoms with E-state index in [2.05, 4.69) is 10.6 Å². The molecule has 0 aliphatic carbocycles. The monoisotopic (exact) mass is 314 g/mol. The number of piperidine rings is 1. The van der Waals surface area contributed by atoms with Gasteiger partial charge in [0, 0.05) is 24.6 Å². The van der Waals surface area contributed by atoms with Gasteiger partial charge in [0.05, 0.1) is 6.04 Å². The minimum Gasteiger partial charge on any atom is -0.508 e. The van der Waals surface area contributed by atoms with Gasteiger partial charge in [0.1, 0.15) is 11.6 Å². The largest absolute Gasteiger partial charge is 0.508 e. The van der Waals surface area contributed by atoms with Crippen LogP contribution in [0.3, 0.4) is 0 Å². The third kappa shape index (κ3) is 3.68. The molecule has 1 aliphatic rings. The highest BCUT2D eigenvalue weighted by Crippen LogP contribution is 2.25. The molecule has 2 aromatic rings. The van der Waals surface area contributed by atoms with Crippen molar-refractivity contribution in [1.82, 2.24) is 10.6 Å². The molecule has 1 fully saturated rings. The van der Waals surface area contributed by atoms with Gasteiger partial charge in [-0.2, -0.15) is 0 Å². The number of phenolic OH excluding ortho intramolecular Hbond substituents is 1. The Labute approximate surface area is 134 Å². The maximum absolute atomic E-state index is 13.5. The minimum atomic E-state index is -0.318. The molecule has 1 heterocycles. The summed E-state index contributed by atoms with van der Waals surface area (Å²) in [6, 6.07) is 13.1. The summed E-state index contributed by atoms with van der Waals surface area (Å²) in [4.78, 5) is 11.7. The van der Waals surface area contributed by atoms with Crippen LogP contribution in [0.1, 0.15) is 30.0 Å². The molecular formula is C18H19FN2O2. The fraction of sp³-hybridized carbons (Fsp3) is 0.278. The number of para-hydroxylation sites is 1. The average Bonchev–Trinajstić information content (AvgIpc) is 2.55. The predicted octanol–water partition coefficient (Wildman–Crippen LogP) is 2.64. The summed E-state index contributed by atoms with van der Waals surface area (Å²) >= 11 is 0. The lowest BCUT2D eigenvalue weighted by Crippen LogP contribution is -2.48. The van der Waals surface area contributed by atoms with Crippen molar-refractivity contribution in [3.63, 3.8) is 0 Å². The predicted molar refractivity (Wildman–Crippen MR) is 85.3 cm³/mol. The molecule has 0 radical (unpaired) electrons. The standard InChI is InChI=1S/C18H19FN2O2/c19-14-6-3-5-12(10-14)18-15(8-9-17(23)21-18)20-11-13-4-1-2-7-16(13)22/h1-7,10,15,18,20,22H,8-9,11H2,(H,21,23)/t15-,18+/m1/s1. The second-order valence-electron chi connectivity index (χ2n) is 5.75. The highest BCUT2D eigenvalue weighted by atomic mass is 19.1. The van der Waals surface area contributed by atoms with Gasteiger partial charge in [-0.15, -0.1) is 0 Å². The smallest absolute Gasteiger partial charge is 0.220 e. The van der Waals surface area contributed by atoms with Gasteiger partial charge >= 0.3 is 0 Å². The zero-order valence-corrected chi connectivity index (χ0v) is 12.6. The third-order valence-electron chi connectivity index (χ3n) is 4.16. The third-order valence-corrected chi connectivity index (χ3v) is 4.16. The van der Waals surface area contributed by atoms with Crippen LogP contribution in [0.5, 0.6) is 5.75 Å². The van der Waals surface area contributed by atoms with Gasteiger partial charge in [-0.25, -0.2) is 4.39 Å². The number of carbonyl (C=O) groups excluding carboxylic acids is 1. The van der Waals surface area contributed by atoms with Crippen molar-refractivity contribution >= 4 is 5.91 Å². The molecule has 3 rings (SSSR count). The van der Waals surface area contributed by atoms with E-state index in [0.717, 1.165) is 11.1 Å². The zero-order valence-electron chi connectivity index (χ0n) is 12.6. The molecule has 4 nitrogen and oxygen atoms in total. The van der Waals surface area contributed by atoms with Crippen LogP contribution in [-0.4, -0.2) is 17.1 Å². The van der Waals surface area contributed by atoms with Crippen molar-refractivity contribution in [2.75, 3.05) is 0 Å². The first kappa shape index (κ1) is 15.5. The molecule has 1 aliphatic heterocycles. The molecule has 23 heavy (non-hydrogen) atoms. The molecule has 1 saturated heterocycles. The number of phenols is 1. The van der Waals surface area contributed by atoms with Gasteiger partial charge in [0.25, 0.3) is 0 Å². The first-order valence-corrected chi connectivity index (χ1v) is 7.68. The Hall–Kier alpha value is -2.40. The van der Waals surface area contributed by atoms with Crippen LogP contribution in [-0.2, 0) is 11.3 Å². The summed E-state index contributed by atoms with van der Waals surface area (Å²) in [6.07, 6.45) is 1.10. The zero-order chi connectivity index (χ0) is 16.2. The molecule has 0 aromatic heterocycles. The number of aromatic hydroxyl groups is 1. The summed E-state index contributed by atoms with van der Waals surface area (Å²) in [5.74, 6) is -0.108. The van der Waals surface area contributed by atoms with E-state index >= 15 is 0 Å². The van der Waals surface area contributed by atoms with Crippen LogP contribution in [0.2, 0.25) is 0 Å². The lowest BCUT2D eigenvalue weighted by molar-refractivity contribution is -0.123. The normalized spacial score (nSPS) is 21.0. The van der Waals surface area contributed by atoms with E-state index in [1.54, 1.807) is 18.2 Å². The first-order valence-electron chi connectivity index (χ1n) is 7.68. The lowest BCUT2D eigenvalue weighted by atomic mass is 9.91. The molecule has 2 aromatic carbocycles. The van der Waals surface area contributed by atoms with Crippen molar-refractivity contribution < 1.29 is 14.3 Å². The van der Waals surface area contributed by atoms with Crippen LogP contribution in [0.15, 0.2) is 48.5 Å². The van der Waals surface area contributed by atoms with Crippen LogP contribution >= 0.6 is 0 Å². The Bertz CT molecular complexity index is 705. The lowest BCUT2D eigenvalue weighted by Gasteiger charge is -2.33. The van der Waals surface area contributed by atoms with E-state index in [0.29, 0.717) is 19.4 Å². The van der Waals surface area contributed by atoms with Gasteiger partial charge in [0.15, 0.2) is 0 Å². The molecule has 3 N–H and O–H groups in total. The summed E-state index contributed by atoms with van der Waals surface area (Å²) in [6.45, 7) is 0.485. The maximum Gasteiger partial charge on any atom is 0.220 e. The highest BCUT2D eigenvalue weighted by Gasteiger charge is 2.29. The quantitative estimate of drug-likeness (QED) is 0.813. The number of carbonyl (C=O) groups is 1. The fourth-order valence-electron chi connectivity index (χ4n) is 2.94. The number of rotatable bonds is 4. The molecule has 0 unspecified atom stereocenters. The summed E-state index contributed by atoms with van der Waals surface area (Å²) in [7, 11) is 0. The van der Waals surface area contributed by atoms with Crippen LogP contribution < -0.4 is 10.6 Å². The molecule has 0 spiro atoms. The van der Waals surface area contributed by atoms with Crippen molar-refractivity contribution in [2.45, 2.75) is 31.5 Å². The molecule has 0 bridgehead atoms. The molecule has 2 atom stereocenters. The molecule has 0 saturated carbocycles. The van der Waals surface area contributed by atoms with Crippen LogP contribution in [0.4, 0.5) is 4.39 Å². The SMILES string of the molecule is O=C1CC[C@@H](NCc2ccccc2O)[C@H](c2cccc(F)c2)N1. The van der Waals surface area contributed by atoms with Crippen LogP contribution in [0, 0.1) is 5.82 Å². The molecule has 1 amide bonds. The average molecular weight is 314 g/mol. The van der Waals surface area contributed by atoms with E-state index < -0.39 is 0 Å². The first-order chi connectivity index (χ1) is 11.1. The number of hydrogen-bond donors (Lipinski definition) is 3. The maximum atomic E-state index is 13.5. The second-order valence-corrected chi connectivity index (χ2v) is 5.75. The Morgan fingerprint density at radius 3 is 2.83 bits per heavy atom. The number of halogens is 1. The number of amides is 1. The Morgan fingerprint density at radius 1 is 1.22 bits per heavy atom. The molecule has 120 valence electrons. The van der Waals surface area contributed by atoms with Crippen molar-refractivity contribution in [3.8, 4) is 5.75 Å². The Morgan fingerprint density at radius 2 is 2.04 bits per heavy atom. The second kappa shape index (κ2) is 6.79. The Kier molecular flexibility index (Phi) is 4.57. The van der Waals surface area contributed by atoms with E-state index in [1.807, 2.05) is 18.2 Å². The summed E-state index contributed by atoms with van der Waals surface area (Å²) in [5, 5.41) is 16.1. The van der Waals surface area contributed by atoms with E-state index in [1.165, 1.54) is 12.1 Å². The van der Waals surface area contributed by atoms with Gasteiger partial charge in [0.2, 0.25) is 5.91 Å². The number of benzene rings is 2. The van der Waals surface area contributed by atoms with Crippen molar-refractivity contribution in [2.24, 2.45) is 0 Å². The molecule has 5 heteroatoms. The fourth-order valence-corrected chi connectivity index (χ4v) is 2.94. The Balaban J connectivity index is 1.76. The van der Waals surface area contributed by atoms with Gasteiger partial charge < -0.3 is 15.7 Å². The number of hydrogen-bond acceptors (Lipinski definition) is 3. The number of nitrogens with one attached hydrogen (secondary N) is 2. The highest BCUT2D eigenvalue weighted by molar-refractivity contribution is 5.77. The van der Waals surface area contributed by atoms with Gasteiger partial charge in [-0.3, -0.25) is 4.79 Å². The van der Waals surface area contributed by atoms with E-state index in [-0.39, 0.29) is 29.6 Å².